The molecule has 0 aliphatic rings. The van der Waals surface area contributed by atoms with Crippen LogP contribution in [-0.2, 0) is 10.0 Å². The Hall–Kier alpha value is -0.910. The average molecular weight is 256 g/mol. The molecule has 4 nitrogen and oxygen atoms in total. The van der Waals surface area contributed by atoms with Crippen LogP contribution in [0.5, 0.6) is 0 Å². The molecule has 1 atom stereocenters. The minimum atomic E-state index is -3.40. The maximum atomic E-state index is 12.0. The third-order valence-electron chi connectivity index (χ3n) is 2.49. The third kappa shape index (κ3) is 3.80. The summed E-state index contributed by atoms with van der Waals surface area (Å²) in [6, 6.07) is 7.00. The standard InChI is InChI=1S/C12H20N2O2S/c1-9(2)14-17(15,16)12-7-5-6-11(8-12)10(3)13-4/h5-10,13-14H,1-4H3. The topological polar surface area (TPSA) is 58.2 Å². The lowest BCUT2D eigenvalue weighted by Crippen LogP contribution is -2.30. The smallest absolute Gasteiger partial charge is 0.240 e. The molecule has 0 fully saturated rings. The van der Waals surface area contributed by atoms with Crippen molar-refractivity contribution in [3.8, 4) is 0 Å². The molecule has 1 aromatic carbocycles. The number of nitrogens with one attached hydrogen (secondary N) is 2. The molecule has 17 heavy (non-hydrogen) atoms. The monoisotopic (exact) mass is 256 g/mol. The van der Waals surface area contributed by atoms with E-state index in [0.717, 1.165) is 5.56 Å². The van der Waals surface area contributed by atoms with E-state index in [0.29, 0.717) is 4.90 Å². The molecule has 96 valence electrons. The highest BCUT2D eigenvalue weighted by Crippen LogP contribution is 2.17. The lowest BCUT2D eigenvalue weighted by Gasteiger charge is -2.13. The summed E-state index contributed by atoms with van der Waals surface area (Å²) in [6.07, 6.45) is 0. The SMILES string of the molecule is CNC(C)c1cccc(S(=O)(=O)NC(C)C)c1. The molecule has 0 aromatic heterocycles. The van der Waals surface area contributed by atoms with Gasteiger partial charge in [0.15, 0.2) is 0 Å². The average Bonchev–Trinajstić information content (AvgIpc) is 2.26. The molecule has 5 heteroatoms. The minimum Gasteiger partial charge on any atom is -0.313 e. The quantitative estimate of drug-likeness (QED) is 0.842. The van der Waals surface area contributed by atoms with Crippen LogP contribution in [0.15, 0.2) is 29.2 Å². The summed E-state index contributed by atoms with van der Waals surface area (Å²) in [6.45, 7) is 5.59. The van der Waals surface area contributed by atoms with E-state index in [-0.39, 0.29) is 12.1 Å². The lowest BCUT2D eigenvalue weighted by molar-refractivity contribution is 0.569. The first-order valence-electron chi connectivity index (χ1n) is 5.66. The van der Waals surface area contributed by atoms with Crippen molar-refractivity contribution in [2.24, 2.45) is 0 Å². The van der Waals surface area contributed by atoms with Crippen LogP contribution in [-0.4, -0.2) is 21.5 Å². The second kappa shape index (κ2) is 5.62. The van der Waals surface area contributed by atoms with Crippen molar-refractivity contribution in [3.05, 3.63) is 29.8 Å². The van der Waals surface area contributed by atoms with E-state index in [4.69, 9.17) is 0 Å². The Kier molecular flexibility index (Phi) is 4.68. The second-order valence-corrected chi connectivity index (χ2v) is 6.07. The molecule has 0 bridgehead atoms. The Morgan fingerprint density at radius 3 is 2.35 bits per heavy atom. The van der Waals surface area contributed by atoms with E-state index in [1.165, 1.54) is 0 Å². The third-order valence-corrected chi connectivity index (χ3v) is 4.15. The van der Waals surface area contributed by atoms with Crippen LogP contribution >= 0.6 is 0 Å². The van der Waals surface area contributed by atoms with Gasteiger partial charge in [-0.1, -0.05) is 12.1 Å². The number of sulfonamides is 1. The van der Waals surface area contributed by atoms with E-state index < -0.39 is 10.0 Å². The summed E-state index contributed by atoms with van der Waals surface area (Å²) in [4.78, 5) is 0.311. The summed E-state index contributed by atoms with van der Waals surface area (Å²) in [5.74, 6) is 0. The zero-order valence-corrected chi connectivity index (χ0v) is 11.5. The van der Waals surface area contributed by atoms with Gasteiger partial charge >= 0.3 is 0 Å². The van der Waals surface area contributed by atoms with Crippen molar-refractivity contribution < 1.29 is 8.42 Å². The van der Waals surface area contributed by atoms with Crippen LogP contribution in [0.4, 0.5) is 0 Å². The highest BCUT2D eigenvalue weighted by Gasteiger charge is 2.16. The van der Waals surface area contributed by atoms with Crippen LogP contribution in [0.2, 0.25) is 0 Å². The molecule has 1 aromatic rings. The highest BCUT2D eigenvalue weighted by molar-refractivity contribution is 7.89. The van der Waals surface area contributed by atoms with Crippen molar-refractivity contribution in [1.82, 2.24) is 10.0 Å². The first-order valence-corrected chi connectivity index (χ1v) is 7.14. The van der Waals surface area contributed by atoms with Crippen LogP contribution in [0.1, 0.15) is 32.4 Å². The van der Waals surface area contributed by atoms with E-state index in [9.17, 15) is 8.42 Å². The van der Waals surface area contributed by atoms with Gasteiger partial charge in [-0.3, -0.25) is 0 Å². The molecule has 0 saturated heterocycles. The van der Waals surface area contributed by atoms with Gasteiger partial charge in [0.1, 0.15) is 0 Å². The molecule has 0 heterocycles. The zero-order valence-electron chi connectivity index (χ0n) is 10.7. The Labute approximate surface area is 103 Å². The fraction of sp³-hybridized carbons (Fsp3) is 0.500. The Balaban J connectivity index is 3.07. The number of hydrogen-bond acceptors (Lipinski definition) is 3. The van der Waals surface area contributed by atoms with Gasteiger partial charge in [0.05, 0.1) is 4.90 Å². The van der Waals surface area contributed by atoms with E-state index in [2.05, 4.69) is 10.0 Å². The first kappa shape index (κ1) is 14.2. The van der Waals surface area contributed by atoms with Crippen molar-refractivity contribution in [2.45, 2.75) is 37.8 Å². The Bertz CT molecular complexity index is 469. The molecule has 2 N–H and O–H groups in total. The van der Waals surface area contributed by atoms with Gasteiger partial charge in [0.25, 0.3) is 0 Å². The van der Waals surface area contributed by atoms with Gasteiger partial charge in [-0.25, -0.2) is 13.1 Å². The summed E-state index contributed by atoms with van der Waals surface area (Å²) < 4.78 is 26.5. The summed E-state index contributed by atoms with van der Waals surface area (Å²) in [5, 5.41) is 3.09. The van der Waals surface area contributed by atoms with Crippen LogP contribution in [0, 0.1) is 0 Å². The second-order valence-electron chi connectivity index (χ2n) is 4.36. The maximum absolute atomic E-state index is 12.0. The largest absolute Gasteiger partial charge is 0.313 e. The lowest BCUT2D eigenvalue weighted by atomic mass is 10.1. The summed E-state index contributed by atoms with van der Waals surface area (Å²) in [5.41, 5.74) is 0.958. The normalized spacial score (nSPS) is 13.9. The summed E-state index contributed by atoms with van der Waals surface area (Å²) in [7, 11) is -1.56. The molecule has 1 unspecified atom stereocenters. The first-order chi connectivity index (χ1) is 7.86. The van der Waals surface area contributed by atoms with Gasteiger partial charge in [-0.05, 0) is 45.5 Å². The number of rotatable bonds is 5. The van der Waals surface area contributed by atoms with Gasteiger partial charge in [-0.15, -0.1) is 0 Å². The van der Waals surface area contributed by atoms with E-state index in [1.54, 1.807) is 32.0 Å². The molecule has 0 spiro atoms. The van der Waals surface area contributed by atoms with E-state index in [1.807, 2.05) is 20.0 Å². The molecule has 1 rings (SSSR count). The fourth-order valence-corrected chi connectivity index (χ4v) is 2.80. The number of benzene rings is 1. The van der Waals surface area contributed by atoms with Crippen molar-refractivity contribution in [2.75, 3.05) is 7.05 Å². The maximum Gasteiger partial charge on any atom is 0.240 e. The van der Waals surface area contributed by atoms with Crippen LogP contribution in [0.25, 0.3) is 0 Å². The predicted molar refractivity (Wildman–Crippen MR) is 69.4 cm³/mol. The Morgan fingerprint density at radius 2 is 1.82 bits per heavy atom. The van der Waals surface area contributed by atoms with E-state index >= 15 is 0 Å². The minimum absolute atomic E-state index is 0.106. The Morgan fingerprint density at radius 1 is 1.18 bits per heavy atom. The molecule has 0 radical (unpaired) electrons. The molecular formula is C12H20N2O2S. The summed E-state index contributed by atoms with van der Waals surface area (Å²) >= 11 is 0. The molecule has 0 saturated carbocycles. The fourth-order valence-electron chi connectivity index (χ4n) is 1.50. The zero-order chi connectivity index (χ0) is 13.1. The van der Waals surface area contributed by atoms with Crippen molar-refractivity contribution in [3.63, 3.8) is 0 Å². The van der Waals surface area contributed by atoms with Gasteiger partial charge in [0.2, 0.25) is 10.0 Å². The van der Waals surface area contributed by atoms with Gasteiger partial charge in [0, 0.05) is 12.1 Å². The number of hydrogen-bond donors (Lipinski definition) is 2. The van der Waals surface area contributed by atoms with Gasteiger partial charge in [-0.2, -0.15) is 0 Å². The molecule has 0 amide bonds. The van der Waals surface area contributed by atoms with Crippen molar-refractivity contribution in [1.29, 1.82) is 0 Å². The van der Waals surface area contributed by atoms with Gasteiger partial charge < -0.3 is 5.32 Å². The molecule has 0 aliphatic heterocycles. The van der Waals surface area contributed by atoms with Crippen molar-refractivity contribution >= 4 is 10.0 Å². The highest BCUT2D eigenvalue weighted by atomic mass is 32.2. The van der Waals surface area contributed by atoms with Crippen LogP contribution in [0.3, 0.4) is 0 Å². The van der Waals surface area contributed by atoms with Crippen LogP contribution < -0.4 is 10.0 Å². The predicted octanol–water partition coefficient (Wildman–Crippen LogP) is 1.65. The molecule has 0 aliphatic carbocycles. The molecular weight excluding hydrogens is 236 g/mol.